The smallest absolute Gasteiger partial charge is 0.235 e. The molecule has 0 radical (unpaired) electrons. The molecule has 1 saturated carbocycles. The van der Waals surface area contributed by atoms with Crippen LogP contribution in [0.1, 0.15) is 46.0 Å². The highest BCUT2D eigenvalue weighted by Gasteiger charge is 2.34. The molecule has 0 aromatic heterocycles. The van der Waals surface area contributed by atoms with Crippen LogP contribution in [-0.4, -0.2) is 46.5 Å². The first-order valence-electron chi connectivity index (χ1n) is 7.64. The summed E-state index contributed by atoms with van der Waals surface area (Å²) in [5, 5.41) is 13.0. The molecule has 1 aliphatic heterocycles. The molecule has 0 aromatic carbocycles. The van der Waals surface area contributed by atoms with E-state index in [1.807, 2.05) is 11.8 Å². The first-order valence-corrected chi connectivity index (χ1v) is 8.69. The van der Waals surface area contributed by atoms with Crippen LogP contribution >= 0.6 is 11.8 Å². The van der Waals surface area contributed by atoms with Crippen molar-refractivity contribution in [2.24, 2.45) is 0 Å². The van der Waals surface area contributed by atoms with Gasteiger partial charge >= 0.3 is 0 Å². The number of nitrogens with one attached hydrogen (secondary N) is 1. The van der Waals surface area contributed by atoms with Crippen molar-refractivity contribution in [3.05, 3.63) is 0 Å². The zero-order valence-corrected chi connectivity index (χ0v) is 13.3. The summed E-state index contributed by atoms with van der Waals surface area (Å²) in [5.74, 6) is 1.10. The highest BCUT2D eigenvalue weighted by molar-refractivity contribution is 8.00. The zero-order chi connectivity index (χ0) is 14.6. The van der Waals surface area contributed by atoms with E-state index in [2.05, 4.69) is 30.1 Å². The molecule has 112 valence electrons. The number of hydrogen-bond donors (Lipinski definition) is 1. The molecule has 20 heavy (non-hydrogen) atoms. The maximum absolute atomic E-state index is 12.3. The van der Waals surface area contributed by atoms with E-state index in [1.165, 1.54) is 6.42 Å². The Morgan fingerprint density at radius 3 is 2.75 bits per heavy atom. The van der Waals surface area contributed by atoms with Gasteiger partial charge in [-0.3, -0.25) is 9.69 Å². The summed E-state index contributed by atoms with van der Waals surface area (Å²) in [4.78, 5) is 14.5. The average Bonchev–Trinajstić information content (AvgIpc) is 2.45. The van der Waals surface area contributed by atoms with Gasteiger partial charge < -0.3 is 5.32 Å². The zero-order valence-electron chi connectivity index (χ0n) is 12.5. The van der Waals surface area contributed by atoms with Crippen LogP contribution in [0.25, 0.3) is 0 Å². The van der Waals surface area contributed by atoms with Gasteiger partial charge in [0.25, 0.3) is 0 Å². The fourth-order valence-electron chi connectivity index (χ4n) is 3.13. The second kappa shape index (κ2) is 6.82. The third-order valence-corrected chi connectivity index (χ3v) is 6.00. The van der Waals surface area contributed by atoms with E-state index in [0.29, 0.717) is 17.8 Å². The summed E-state index contributed by atoms with van der Waals surface area (Å²) in [6.07, 6.45) is 4.87. The van der Waals surface area contributed by atoms with Crippen LogP contribution in [0.3, 0.4) is 0 Å². The molecule has 1 amide bonds. The molecule has 1 saturated heterocycles. The van der Waals surface area contributed by atoms with Gasteiger partial charge in [-0.1, -0.05) is 26.2 Å². The molecule has 1 heterocycles. The van der Waals surface area contributed by atoms with Crippen molar-refractivity contribution in [3.63, 3.8) is 0 Å². The van der Waals surface area contributed by atoms with E-state index in [4.69, 9.17) is 0 Å². The Labute approximate surface area is 126 Å². The minimum Gasteiger partial charge on any atom is -0.337 e. The molecule has 0 spiro atoms. The van der Waals surface area contributed by atoms with Crippen molar-refractivity contribution in [2.45, 2.75) is 62.8 Å². The second-order valence-electron chi connectivity index (χ2n) is 6.09. The SMILES string of the molecule is CC1SCCN(CC(=O)NC2(C#N)CCCCC2)C1C. The van der Waals surface area contributed by atoms with Crippen molar-refractivity contribution >= 4 is 17.7 Å². The van der Waals surface area contributed by atoms with E-state index in [9.17, 15) is 10.1 Å². The van der Waals surface area contributed by atoms with Crippen molar-refractivity contribution in [2.75, 3.05) is 18.8 Å². The lowest BCUT2D eigenvalue weighted by molar-refractivity contribution is -0.124. The molecule has 2 aliphatic rings. The van der Waals surface area contributed by atoms with Crippen LogP contribution in [-0.2, 0) is 4.79 Å². The third kappa shape index (κ3) is 3.67. The number of nitrogens with zero attached hydrogens (tertiary/aromatic N) is 2. The summed E-state index contributed by atoms with van der Waals surface area (Å²) in [6, 6.07) is 2.77. The van der Waals surface area contributed by atoms with Crippen LogP contribution in [0.2, 0.25) is 0 Å². The standard InChI is InChI=1S/C15H25N3OS/c1-12-13(2)20-9-8-18(12)10-14(19)17-15(11-16)6-4-3-5-7-15/h12-13H,3-10H2,1-2H3,(H,17,19). The molecule has 0 bridgehead atoms. The predicted octanol–water partition coefficient (Wildman–Crippen LogP) is 2.15. The maximum Gasteiger partial charge on any atom is 0.235 e. The van der Waals surface area contributed by atoms with Gasteiger partial charge in [0.15, 0.2) is 0 Å². The van der Waals surface area contributed by atoms with Gasteiger partial charge in [0.2, 0.25) is 5.91 Å². The maximum atomic E-state index is 12.3. The minimum atomic E-state index is -0.602. The molecule has 4 nitrogen and oxygen atoms in total. The summed E-state index contributed by atoms with van der Waals surface area (Å²) in [7, 11) is 0. The van der Waals surface area contributed by atoms with Gasteiger partial charge in [0.1, 0.15) is 5.54 Å². The highest BCUT2D eigenvalue weighted by Crippen LogP contribution is 2.28. The van der Waals surface area contributed by atoms with Crippen molar-refractivity contribution in [1.82, 2.24) is 10.2 Å². The fraction of sp³-hybridized carbons (Fsp3) is 0.867. The number of rotatable bonds is 3. The largest absolute Gasteiger partial charge is 0.337 e. The number of carbonyl (C=O) groups excluding carboxylic acids is 1. The van der Waals surface area contributed by atoms with Gasteiger partial charge in [-0.05, 0) is 19.8 Å². The number of carbonyl (C=O) groups is 1. The highest BCUT2D eigenvalue weighted by atomic mass is 32.2. The average molecular weight is 295 g/mol. The Hall–Kier alpha value is -0.730. The van der Waals surface area contributed by atoms with Crippen molar-refractivity contribution in [3.8, 4) is 6.07 Å². The predicted molar refractivity (Wildman–Crippen MR) is 82.5 cm³/mol. The van der Waals surface area contributed by atoms with Crippen LogP contribution < -0.4 is 5.32 Å². The Balaban J connectivity index is 1.90. The molecule has 2 fully saturated rings. The van der Waals surface area contributed by atoms with Gasteiger partial charge in [0.05, 0.1) is 12.6 Å². The summed E-state index contributed by atoms with van der Waals surface area (Å²) >= 11 is 1.97. The van der Waals surface area contributed by atoms with E-state index in [0.717, 1.165) is 38.0 Å². The third-order valence-electron chi connectivity index (χ3n) is 4.66. The van der Waals surface area contributed by atoms with Crippen LogP contribution in [0.5, 0.6) is 0 Å². The molecule has 1 N–H and O–H groups in total. The van der Waals surface area contributed by atoms with Gasteiger partial charge in [0, 0.05) is 23.6 Å². The summed E-state index contributed by atoms with van der Waals surface area (Å²) in [5.41, 5.74) is -0.602. The quantitative estimate of drug-likeness (QED) is 0.867. The minimum absolute atomic E-state index is 0.0133. The van der Waals surface area contributed by atoms with Gasteiger partial charge in [-0.2, -0.15) is 17.0 Å². The first kappa shape index (κ1) is 15.7. The lowest BCUT2D eigenvalue weighted by atomic mass is 9.83. The molecule has 0 aromatic rings. The lowest BCUT2D eigenvalue weighted by Crippen LogP contribution is -2.54. The molecular formula is C15H25N3OS. The first-order chi connectivity index (χ1) is 9.56. The lowest BCUT2D eigenvalue weighted by Gasteiger charge is -2.38. The number of nitriles is 1. The number of amides is 1. The summed E-state index contributed by atoms with van der Waals surface area (Å²) < 4.78 is 0. The van der Waals surface area contributed by atoms with Gasteiger partial charge in [-0.25, -0.2) is 0 Å². The molecule has 2 unspecified atom stereocenters. The van der Waals surface area contributed by atoms with E-state index < -0.39 is 5.54 Å². The Bertz CT molecular complexity index is 387. The molecule has 5 heteroatoms. The molecule has 2 atom stereocenters. The van der Waals surface area contributed by atoms with Crippen molar-refractivity contribution in [1.29, 1.82) is 5.26 Å². The van der Waals surface area contributed by atoms with Crippen molar-refractivity contribution < 1.29 is 4.79 Å². The van der Waals surface area contributed by atoms with Crippen LogP contribution in [0.4, 0.5) is 0 Å². The Kier molecular flexibility index (Phi) is 5.34. The topological polar surface area (TPSA) is 56.1 Å². The molecule has 1 aliphatic carbocycles. The Morgan fingerprint density at radius 2 is 2.10 bits per heavy atom. The van der Waals surface area contributed by atoms with E-state index in [1.54, 1.807) is 0 Å². The van der Waals surface area contributed by atoms with E-state index in [-0.39, 0.29) is 5.91 Å². The molecular weight excluding hydrogens is 270 g/mol. The van der Waals surface area contributed by atoms with Crippen LogP contribution in [0.15, 0.2) is 0 Å². The number of hydrogen-bond acceptors (Lipinski definition) is 4. The number of thioether (sulfide) groups is 1. The molecule has 2 rings (SSSR count). The van der Waals surface area contributed by atoms with E-state index >= 15 is 0 Å². The Morgan fingerprint density at radius 1 is 1.40 bits per heavy atom. The fourth-order valence-corrected chi connectivity index (χ4v) is 4.29. The second-order valence-corrected chi connectivity index (χ2v) is 7.57. The van der Waals surface area contributed by atoms with Crippen LogP contribution in [0, 0.1) is 11.3 Å². The van der Waals surface area contributed by atoms with Gasteiger partial charge in [-0.15, -0.1) is 0 Å². The normalized spacial score (nSPS) is 30.4. The summed E-state index contributed by atoms with van der Waals surface area (Å²) in [6.45, 7) is 5.79. The monoisotopic (exact) mass is 295 g/mol.